The monoisotopic (exact) mass is 271 g/mol. The molecule has 102 valence electrons. The van der Waals surface area contributed by atoms with Gasteiger partial charge in [-0.15, -0.1) is 0 Å². The van der Waals surface area contributed by atoms with E-state index in [1.165, 1.54) is 6.20 Å². The summed E-state index contributed by atoms with van der Waals surface area (Å²) in [5.41, 5.74) is 1.02. The summed E-state index contributed by atoms with van der Waals surface area (Å²) in [7, 11) is -1.51. The zero-order valence-corrected chi connectivity index (χ0v) is 10.9. The molecule has 2 N–H and O–H groups in total. The van der Waals surface area contributed by atoms with E-state index in [1.807, 2.05) is 0 Å². The van der Waals surface area contributed by atoms with Crippen LogP contribution in [0.4, 0.5) is 0 Å². The Bertz CT molecular complexity index is 650. The first-order valence-corrected chi connectivity index (χ1v) is 6.85. The Labute approximate surface area is 116 Å². The van der Waals surface area contributed by atoms with Crippen LogP contribution in [0.5, 0.6) is 0 Å². The molecule has 2 aliphatic rings. The van der Waals surface area contributed by atoms with Crippen molar-refractivity contribution in [1.82, 2.24) is 15.1 Å². The molecule has 2 heterocycles. The highest BCUT2D eigenvalue weighted by molar-refractivity contribution is 6.58. The van der Waals surface area contributed by atoms with Gasteiger partial charge in [0.05, 0.1) is 5.41 Å². The first kappa shape index (κ1) is 12.0. The van der Waals surface area contributed by atoms with Crippen molar-refractivity contribution in [3.05, 3.63) is 35.7 Å². The van der Waals surface area contributed by atoms with Crippen LogP contribution in [-0.2, 0) is 5.41 Å². The number of rotatable bonds is 4. The van der Waals surface area contributed by atoms with E-state index >= 15 is 0 Å². The van der Waals surface area contributed by atoms with E-state index in [2.05, 4.69) is 15.1 Å². The molecule has 0 saturated heterocycles. The second-order valence-corrected chi connectivity index (χ2v) is 5.69. The predicted octanol–water partition coefficient (Wildman–Crippen LogP) is 0.102. The van der Waals surface area contributed by atoms with Crippen LogP contribution in [0.3, 0.4) is 0 Å². The Morgan fingerprint density at radius 2 is 2.05 bits per heavy atom. The molecule has 0 aliphatic heterocycles. The lowest BCUT2D eigenvalue weighted by Gasteiger charge is -2.11. The maximum Gasteiger partial charge on any atom is 0.490 e. The molecule has 2 aromatic heterocycles. The van der Waals surface area contributed by atoms with Crippen LogP contribution in [0.15, 0.2) is 23.0 Å². The van der Waals surface area contributed by atoms with E-state index in [4.69, 9.17) is 4.52 Å². The molecule has 2 fully saturated rings. The second-order valence-electron chi connectivity index (χ2n) is 5.69. The van der Waals surface area contributed by atoms with Gasteiger partial charge in [0.1, 0.15) is 0 Å². The lowest BCUT2D eigenvalue weighted by molar-refractivity contribution is 0.355. The normalized spacial score (nSPS) is 19.9. The Morgan fingerprint density at radius 1 is 1.25 bits per heavy atom. The van der Waals surface area contributed by atoms with Crippen LogP contribution < -0.4 is 5.46 Å². The summed E-state index contributed by atoms with van der Waals surface area (Å²) in [6, 6.07) is 1.76. The van der Waals surface area contributed by atoms with Crippen LogP contribution >= 0.6 is 0 Å². The third-order valence-electron chi connectivity index (χ3n) is 4.15. The summed E-state index contributed by atoms with van der Waals surface area (Å²) in [4.78, 5) is 8.61. The van der Waals surface area contributed by atoms with Gasteiger partial charge in [-0.3, -0.25) is 4.98 Å². The van der Waals surface area contributed by atoms with Crippen molar-refractivity contribution < 1.29 is 14.6 Å². The molecule has 0 bridgehead atoms. The molecule has 0 atom stereocenters. The molecule has 0 unspecified atom stereocenters. The van der Waals surface area contributed by atoms with Crippen molar-refractivity contribution in [3.8, 4) is 0 Å². The Balaban J connectivity index is 1.70. The van der Waals surface area contributed by atoms with Crippen LogP contribution in [0.1, 0.15) is 48.9 Å². The van der Waals surface area contributed by atoms with Gasteiger partial charge >= 0.3 is 7.12 Å². The molecule has 2 saturated carbocycles. The van der Waals surface area contributed by atoms with Crippen molar-refractivity contribution in [2.75, 3.05) is 0 Å². The van der Waals surface area contributed by atoms with Gasteiger partial charge in [-0.2, -0.15) is 4.98 Å². The van der Waals surface area contributed by atoms with E-state index in [9.17, 15) is 10.0 Å². The van der Waals surface area contributed by atoms with Gasteiger partial charge in [-0.05, 0) is 31.2 Å². The summed E-state index contributed by atoms with van der Waals surface area (Å²) in [5.74, 6) is 1.90. The van der Waals surface area contributed by atoms with Crippen molar-refractivity contribution in [1.29, 1.82) is 0 Å². The minimum Gasteiger partial charge on any atom is -0.423 e. The fourth-order valence-electron chi connectivity index (χ4n) is 2.55. The van der Waals surface area contributed by atoms with Gasteiger partial charge in [-0.25, -0.2) is 0 Å². The minimum absolute atomic E-state index is 0.280. The standard InChI is InChI=1S/C13H14BN3O3/c18-14(19)10-5-9(6-15-7-10)13(3-4-13)12-16-11(17-20-12)8-1-2-8/h5-8,18-19H,1-4H2. The van der Waals surface area contributed by atoms with Crippen LogP contribution in [0.2, 0.25) is 0 Å². The molecule has 0 aromatic carbocycles. The maximum absolute atomic E-state index is 9.25. The lowest BCUT2D eigenvalue weighted by Crippen LogP contribution is -2.31. The summed E-state index contributed by atoms with van der Waals surface area (Å²) in [5, 5.41) is 22.6. The van der Waals surface area contributed by atoms with Crippen molar-refractivity contribution >= 4 is 12.6 Å². The quantitative estimate of drug-likeness (QED) is 0.766. The highest BCUT2D eigenvalue weighted by Gasteiger charge is 2.51. The Morgan fingerprint density at radius 3 is 2.70 bits per heavy atom. The summed E-state index contributed by atoms with van der Waals surface area (Å²) < 4.78 is 5.43. The second kappa shape index (κ2) is 4.13. The van der Waals surface area contributed by atoms with Gasteiger partial charge in [0, 0.05) is 23.8 Å². The molecule has 0 amide bonds. The van der Waals surface area contributed by atoms with E-state index in [-0.39, 0.29) is 5.41 Å². The molecule has 0 radical (unpaired) electrons. The number of aromatic nitrogens is 3. The van der Waals surface area contributed by atoms with Gasteiger partial charge < -0.3 is 14.6 Å². The number of pyridine rings is 1. The number of hydrogen-bond donors (Lipinski definition) is 2. The topological polar surface area (TPSA) is 92.3 Å². The zero-order chi connectivity index (χ0) is 13.7. The highest BCUT2D eigenvalue weighted by Crippen LogP contribution is 2.53. The number of hydrogen-bond acceptors (Lipinski definition) is 6. The summed E-state index contributed by atoms with van der Waals surface area (Å²) >= 11 is 0. The first-order chi connectivity index (χ1) is 9.69. The molecule has 20 heavy (non-hydrogen) atoms. The molecule has 7 heteroatoms. The molecule has 2 aromatic rings. The predicted molar refractivity (Wildman–Crippen MR) is 70.3 cm³/mol. The maximum atomic E-state index is 9.25. The third-order valence-corrected chi connectivity index (χ3v) is 4.15. The zero-order valence-electron chi connectivity index (χ0n) is 10.9. The fourth-order valence-corrected chi connectivity index (χ4v) is 2.55. The van der Waals surface area contributed by atoms with Crippen LogP contribution in [0, 0.1) is 0 Å². The average Bonchev–Trinajstić information content (AvgIpc) is 3.39. The molecule has 2 aliphatic carbocycles. The van der Waals surface area contributed by atoms with Crippen LogP contribution in [0.25, 0.3) is 0 Å². The Hall–Kier alpha value is -1.73. The smallest absolute Gasteiger partial charge is 0.423 e. The minimum atomic E-state index is -1.51. The lowest BCUT2D eigenvalue weighted by atomic mass is 9.79. The van der Waals surface area contributed by atoms with Crippen molar-refractivity contribution in [3.63, 3.8) is 0 Å². The van der Waals surface area contributed by atoms with Gasteiger partial charge in [-0.1, -0.05) is 11.2 Å². The average molecular weight is 271 g/mol. The van der Waals surface area contributed by atoms with E-state index in [1.54, 1.807) is 12.3 Å². The van der Waals surface area contributed by atoms with Crippen molar-refractivity contribution in [2.24, 2.45) is 0 Å². The van der Waals surface area contributed by atoms with Crippen LogP contribution in [-0.4, -0.2) is 32.3 Å². The molecule has 4 rings (SSSR count). The van der Waals surface area contributed by atoms with Gasteiger partial charge in [0.15, 0.2) is 5.82 Å². The molecular formula is C13H14BN3O3. The molecular weight excluding hydrogens is 257 g/mol. The van der Waals surface area contributed by atoms with E-state index in [0.717, 1.165) is 37.1 Å². The SMILES string of the molecule is OB(O)c1cncc(C2(c3nc(C4CC4)no3)CC2)c1. The number of nitrogens with zero attached hydrogens (tertiary/aromatic N) is 3. The van der Waals surface area contributed by atoms with Crippen molar-refractivity contribution in [2.45, 2.75) is 37.0 Å². The largest absolute Gasteiger partial charge is 0.490 e. The summed E-state index contributed by atoms with van der Waals surface area (Å²) in [6.07, 6.45) is 7.31. The first-order valence-electron chi connectivity index (χ1n) is 6.85. The van der Waals surface area contributed by atoms with Gasteiger partial charge in [0.2, 0.25) is 5.89 Å². The van der Waals surface area contributed by atoms with Gasteiger partial charge in [0.25, 0.3) is 0 Å². The molecule has 0 spiro atoms. The third kappa shape index (κ3) is 1.85. The molecule has 6 nitrogen and oxygen atoms in total. The summed E-state index contributed by atoms with van der Waals surface area (Å²) in [6.45, 7) is 0. The fraction of sp³-hybridized carbons (Fsp3) is 0.462. The van der Waals surface area contributed by atoms with E-state index in [0.29, 0.717) is 17.3 Å². The Kier molecular flexibility index (Phi) is 2.49. The van der Waals surface area contributed by atoms with E-state index < -0.39 is 7.12 Å². The highest BCUT2D eigenvalue weighted by atomic mass is 16.5.